The van der Waals surface area contributed by atoms with Crippen molar-refractivity contribution < 1.29 is 24.5 Å². The summed E-state index contributed by atoms with van der Waals surface area (Å²) >= 11 is 0. The van der Waals surface area contributed by atoms with E-state index in [1.54, 1.807) is 13.8 Å². The second-order valence-electron chi connectivity index (χ2n) is 3.00. The predicted octanol–water partition coefficient (Wildman–Crippen LogP) is 2.05. The average molecular weight is 230 g/mol. The summed E-state index contributed by atoms with van der Waals surface area (Å²) < 4.78 is 4.27. The van der Waals surface area contributed by atoms with E-state index in [2.05, 4.69) is 11.3 Å². The molecular weight excluding hydrogens is 212 g/mol. The standard InChI is InChI=1S/C6H10O3.C5H8O2/c1-3-5(7)4(2)6(8)9;1-4(2)5(6)7-3/h7H,3H2,1-2H3,(H,8,9);1H2,2-3H3/b5-4+;. The van der Waals surface area contributed by atoms with Crippen molar-refractivity contribution in [3.8, 4) is 0 Å². The van der Waals surface area contributed by atoms with E-state index in [1.165, 1.54) is 14.0 Å². The van der Waals surface area contributed by atoms with Gasteiger partial charge in [0, 0.05) is 12.0 Å². The molecule has 0 rings (SSSR count). The number of carboxylic acid groups (broad SMARTS) is 1. The number of carbonyl (C=O) groups excluding carboxylic acids is 1. The van der Waals surface area contributed by atoms with E-state index in [9.17, 15) is 9.59 Å². The molecule has 0 unspecified atom stereocenters. The Morgan fingerprint density at radius 1 is 1.25 bits per heavy atom. The van der Waals surface area contributed by atoms with Crippen molar-refractivity contribution in [1.82, 2.24) is 0 Å². The van der Waals surface area contributed by atoms with Crippen molar-refractivity contribution >= 4 is 11.9 Å². The molecular formula is C11H18O5. The molecule has 5 heteroatoms. The highest BCUT2D eigenvalue weighted by atomic mass is 16.5. The van der Waals surface area contributed by atoms with Crippen LogP contribution in [0.2, 0.25) is 0 Å². The Hall–Kier alpha value is -1.78. The number of allylic oxidation sites excluding steroid dienone is 1. The minimum atomic E-state index is -1.06. The maximum Gasteiger partial charge on any atom is 0.334 e. The number of hydrogen-bond donors (Lipinski definition) is 2. The van der Waals surface area contributed by atoms with Crippen LogP contribution < -0.4 is 0 Å². The molecule has 0 aliphatic heterocycles. The fourth-order valence-electron chi connectivity index (χ4n) is 0.563. The molecule has 92 valence electrons. The molecule has 0 aliphatic carbocycles. The van der Waals surface area contributed by atoms with Gasteiger partial charge in [0.15, 0.2) is 0 Å². The van der Waals surface area contributed by atoms with E-state index < -0.39 is 5.97 Å². The Labute approximate surface area is 95.0 Å². The minimum absolute atomic E-state index is 0.0255. The highest BCUT2D eigenvalue weighted by Crippen LogP contribution is 2.03. The van der Waals surface area contributed by atoms with Crippen molar-refractivity contribution in [3.63, 3.8) is 0 Å². The maximum absolute atomic E-state index is 10.2. The van der Waals surface area contributed by atoms with E-state index in [0.717, 1.165) is 0 Å². The van der Waals surface area contributed by atoms with Crippen molar-refractivity contribution in [2.24, 2.45) is 0 Å². The summed E-state index contributed by atoms with van der Waals surface area (Å²) in [6, 6.07) is 0. The fraction of sp³-hybridized carbons (Fsp3) is 0.455. The fourth-order valence-corrected chi connectivity index (χ4v) is 0.563. The quantitative estimate of drug-likeness (QED) is 0.440. The summed E-state index contributed by atoms with van der Waals surface area (Å²) in [6.07, 6.45) is 0.373. The molecule has 5 nitrogen and oxygen atoms in total. The van der Waals surface area contributed by atoms with Crippen molar-refractivity contribution in [1.29, 1.82) is 0 Å². The summed E-state index contributed by atoms with van der Waals surface area (Å²) in [5.41, 5.74) is 0.458. The molecule has 0 saturated heterocycles. The summed E-state index contributed by atoms with van der Waals surface area (Å²) in [6.45, 7) is 8.03. The molecule has 0 bridgehead atoms. The van der Waals surface area contributed by atoms with Gasteiger partial charge in [-0.25, -0.2) is 9.59 Å². The van der Waals surface area contributed by atoms with E-state index in [-0.39, 0.29) is 17.3 Å². The van der Waals surface area contributed by atoms with E-state index in [4.69, 9.17) is 10.2 Å². The van der Waals surface area contributed by atoms with Crippen LogP contribution in [0.3, 0.4) is 0 Å². The molecule has 0 aliphatic rings. The average Bonchev–Trinajstić information content (AvgIpc) is 2.26. The number of ether oxygens (including phenoxy) is 1. The molecule has 0 fully saturated rings. The van der Waals surface area contributed by atoms with Crippen LogP contribution in [-0.2, 0) is 14.3 Å². The maximum atomic E-state index is 10.2. The number of carbonyl (C=O) groups is 2. The van der Waals surface area contributed by atoms with Gasteiger partial charge < -0.3 is 14.9 Å². The lowest BCUT2D eigenvalue weighted by atomic mass is 10.2. The number of rotatable bonds is 3. The molecule has 0 spiro atoms. The number of esters is 1. The molecule has 0 aromatic carbocycles. The Morgan fingerprint density at radius 3 is 1.75 bits per heavy atom. The van der Waals surface area contributed by atoms with Crippen LogP contribution in [0.25, 0.3) is 0 Å². The van der Waals surface area contributed by atoms with Crippen LogP contribution in [0.1, 0.15) is 27.2 Å². The normalized spacial score (nSPS) is 10.5. The molecule has 0 saturated carbocycles. The topological polar surface area (TPSA) is 83.8 Å². The lowest BCUT2D eigenvalue weighted by molar-refractivity contribution is -0.136. The Kier molecular flexibility index (Phi) is 8.86. The van der Waals surface area contributed by atoms with Crippen LogP contribution in [0.5, 0.6) is 0 Å². The van der Waals surface area contributed by atoms with E-state index >= 15 is 0 Å². The minimum Gasteiger partial charge on any atom is -0.512 e. The van der Waals surface area contributed by atoms with E-state index in [1.807, 2.05) is 0 Å². The third-order valence-corrected chi connectivity index (χ3v) is 1.62. The number of aliphatic hydroxyl groups excluding tert-OH is 1. The monoisotopic (exact) mass is 230 g/mol. The van der Waals surface area contributed by atoms with Gasteiger partial charge in [0.05, 0.1) is 12.7 Å². The second kappa shape index (κ2) is 8.52. The first kappa shape index (κ1) is 16.6. The molecule has 0 heterocycles. The number of aliphatic hydroxyl groups is 1. The van der Waals surface area contributed by atoms with Gasteiger partial charge in [0.25, 0.3) is 0 Å². The molecule has 0 aromatic heterocycles. The Balaban J connectivity index is 0. The zero-order valence-electron chi connectivity index (χ0n) is 10.0. The zero-order valence-corrected chi connectivity index (χ0v) is 10.0. The van der Waals surface area contributed by atoms with Crippen molar-refractivity contribution in [3.05, 3.63) is 23.5 Å². The van der Waals surface area contributed by atoms with Crippen molar-refractivity contribution in [2.75, 3.05) is 7.11 Å². The van der Waals surface area contributed by atoms with Gasteiger partial charge in [-0.3, -0.25) is 0 Å². The Morgan fingerprint density at radius 2 is 1.69 bits per heavy atom. The van der Waals surface area contributed by atoms with Crippen LogP contribution in [0.4, 0.5) is 0 Å². The molecule has 0 amide bonds. The highest BCUT2D eigenvalue weighted by Gasteiger charge is 2.04. The molecule has 0 atom stereocenters. The number of aliphatic carboxylic acids is 1. The summed E-state index contributed by atoms with van der Waals surface area (Å²) in [7, 11) is 1.33. The first-order valence-electron chi connectivity index (χ1n) is 4.63. The SMILES string of the molecule is C=C(C)C(=O)OC.CC/C(O)=C(/C)C(=O)O. The molecule has 0 radical (unpaired) electrons. The van der Waals surface area contributed by atoms with Gasteiger partial charge in [-0.2, -0.15) is 0 Å². The smallest absolute Gasteiger partial charge is 0.334 e. The van der Waals surface area contributed by atoms with Gasteiger partial charge in [0.2, 0.25) is 0 Å². The number of methoxy groups -OCH3 is 1. The first-order chi connectivity index (χ1) is 7.27. The zero-order chi connectivity index (χ0) is 13.3. The summed E-state index contributed by atoms with van der Waals surface area (Å²) in [5, 5.41) is 17.1. The third kappa shape index (κ3) is 7.61. The molecule has 2 N–H and O–H groups in total. The Bertz CT molecular complexity index is 301. The molecule has 16 heavy (non-hydrogen) atoms. The largest absolute Gasteiger partial charge is 0.512 e. The van der Waals surface area contributed by atoms with Crippen LogP contribution in [0.15, 0.2) is 23.5 Å². The highest BCUT2D eigenvalue weighted by molar-refractivity contribution is 5.86. The van der Waals surface area contributed by atoms with E-state index in [0.29, 0.717) is 12.0 Å². The lowest BCUT2D eigenvalue weighted by Gasteiger charge is -1.95. The number of hydrogen-bond acceptors (Lipinski definition) is 4. The van der Waals surface area contributed by atoms with Crippen LogP contribution in [-0.4, -0.2) is 29.3 Å². The second-order valence-corrected chi connectivity index (χ2v) is 3.00. The van der Waals surface area contributed by atoms with Crippen LogP contribution in [0, 0.1) is 0 Å². The van der Waals surface area contributed by atoms with Gasteiger partial charge in [0.1, 0.15) is 5.76 Å². The van der Waals surface area contributed by atoms with Crippen LogP contribution >= 0.6 is 0 Å². The van der Waals surface area contributed by atoms with Gasteiger partial charge in [-0.1, -0.05) is 13.5 Å². The summed E-state index contributed by atoms with van der Waals surface area (Å²) in [5.74, 6) is -1.46. The summed E-state index contributed by atoms with van der Waals surface area (Å²) in [4.78, 5) is 20.3. The van der Waals surface area contributed by atoms with Gasteiger partial charge >= 0.3 is 11.9 Å². The van der Waals surface area contributed by atoms with Crippen molar-refractivity contribution in [2.45, 2.75) is 27.2 Å². The third-order valence-electron chi connectivity index (χ3n) is 1.62. The predicted molar refractivity (Wildman–Crippen MR) is 60.1 cm³/mol. The van der Waals surface area contributed by atoms with Gasteiger partial charge in [-0.05, 0) is 13.8 Å². The lowest BCUT2D eigenvalue weighted by Crippen LogP contribution is -1.99. The number of carboxylic acids is 1. The van der Waals surface area contributed by atoms with Gasteiger partial charge in [-0.15, -0.1) is 0 Å². The first-order valence-corrected chi connectivity index (χ1v) is 4.63. The molecule has 0 aromatic rings.